The zero-order chi connectivity index (χ0) is 14.7. The van der Waals surface area contributed by atoms with E-state index in [1.807, 2.05) is 6.92 Å². The van der Waals surface area contributed by atoms with Gasteiger partial charge in [0.2, 0.25) is 0 Å². The number of halogens is 1. The van der Waals surface area contributed by atoms with E-state index in [0.717, 1.165) is 6.42 Å². The van der Waals surface area contributed by atoms with Crippen molar-refractivity contribution in [2.75, 3.05) is 0 Å². The van der Waals surface area contributed by atoms with Crippen molar-refractivity contribution in [2.45, 2.75) is 26.3 Å². The lowest BCUT2D eigenvalue weighted by Gasteiger charge is -2.13. The number of amides is 1. The molecule has 1 aromatic carbocycles. The van der Waals surface area contributed by atoms with Crippen molar-refractivity contribution in [1.82, 2.24) is 5.32 Å². The fraction of sp³-hybridized carbons (Fsp3) is 0.267. The Labute approximate surface area is 127 Å². The molecular formula is C15H16ClNO2S. The Morgan fingerprint density at radius 3 is 2.75 bits per heavy atom. The Kier molecular flexibility index (Phi) is 4.68. The molecule has 1 atom stereocenters. The van der Waals surface area contributed by atoms with Crippen molar-refractivity contribution in [3.8, 4) is 5.75 Å². The Morgan fingerprint density at radius 1 is 1.40 bits per heavy atom. The minimum Gasteiger partial charge on any atom is -0.507 e. The van der Waals surface area contributed by atoms with Gasteiger partial charge in [-0.2, -0.15) is 0 Å². The van der Waals surface area contributed by atoms with Crippen molar-refractivity contribution < 1.29 is 9.90 Å². The minimum atomic E-state index is -0.292. The molecule has 1 aromatic heterocycles. The standard InChI is InChI=1S/C15H16ClNO2S/c1-9(7-12-5-3-10(2)20-12)17-15(19)13-6-4-11(16)8-14(13)18/h3-6,8-9,18H,7H2,1-2H3,(H,17,19). The van der Waals surface area contributed by atoms with Gasteiger partial charge in [-0.1, -0.05) is 11.6 Å². The third-order valence-corrected chi connectivity index (χ3v) is 4.14. The van der Waals surface area contributed by atoms with Crippen molar-refractivity contribution in [2.24, 2.45) is 0 Å². The van der Waals surface area contributed by atoms with Gasteiger partial charge in [0.1, 0.15) is 5.75 Å². The summed E-state index contributed by atoms with van der Waals surface area (Å²) in [6.45, 7) is 4.00. The van der Waals surface area contributed by atoms with E-state index in [1.54, 1.807) is 17.4 Å². The van der Waals surface area contributed by atoms with Crippen LogP contribution in [0.2, 0.25) is 5.02 Å². The predicted molar refractivity (Wildman–Crippen MR) is 82.8 cm³/mol. The first-order chi connectivity index (χ1) is 9.45. The van der Waals surface area contributed by atoms with Gasteiger partial charge in [-0.15, -0.1) is 11.3 Å². The number of hydrogen-bond acceptors (Lipinski definition) is 3. The lowest BCUT2D eigenvalue weighted by molar-refractivity contribution is 0.0937. The fourth-order valence-corrected chi connectivity index (χ4v) is 3.13. The van der Waals surface area contributed by atoms with Gasteiger partial charge in [0.05, 0.1) is 5.56 Å². The molecule has 0 bridgehead atoms. The van der Waals surface area contributed by atoms with E-state index in [1.165, 1.54) is 21.9 Å². The molecule has 2 aromatic rings. The zero-order valence-electron chi connectivity index (χ0n) is 11.3. The number of aromatic hydroxyl groups is 1. The molecule has 3 nitrogen and oxygen atoms in total. The highest BCUT2D eigenvalue weighted by molar-refractivity contribution is 7.11. The van der Waals surface area contributed by atoms with E-state index < -0.39 is 0 Å². The van der Waals surface area contributed by atoms with Crippen LogP contribution in [0.5, 0.6) is 5.75 Å². The largest absolute Gasteiger partial charge is 0.507 e. The molecule has 0 spiro atoms. The second-order valence-electron chi connectivity index (χ2n) is 4.75. The van der Waals surface area contributed by atoms with Crippen LogP contribution in [0.3, 0.4) is 0 Å². The van der Waals surface area contributed by atoms with Crippen LogP contribution in [0.4, 0.5) is 0 Å². The predicted octanol–water partition coefficient (Wildman–Crippen LogP) is 3.78. The van der Waals surface area contributed by atoms with Crippen LogP contribution in [-0.4, -0.2) is 17.1 Å². The maximum atomic E-state index is 12.1. The smallest absolute Gasteiger partial charge is 0.255 e. The minimum absolute atomic E-state index is 0.00405. The number of aryl methyl sites for hydroxylation is 1. The van der Waals surface area contributed by atoms with E-state index >= 15 is 0 Å². The first-order valence-electron chi connectivity index (χ1n) is 6.30. The molecule has 0 saturated heterocycles. The highest BCUT2D eigenvalue weighted by Crippen LogP contribution is 2.22. The van der Waals surface area contributed by atoms with Crippen LogP contribution < -0.4 is 5.32 Å². The van der Waals surface area contributed by atoms with Crippen LogP contribution in [0.1, 0.15) is 27.0 Å². The number of benzene rings is 1. The van der Waals surface area contributed by atoms with Crippen LogP contribution in [-0.2, 0) is 6.42 Å². The lowest BCUT2D eigenvalue weighted by Crippen LogP contribution is -2.33. The Hall–Kier alpha value is -1.52. The number of nitrogens with one attached hydrogen (secondary N) is 1. The Morgan fingerprint density at radius 2 is 2.15 bits per heavy atom. The average Bonchev–Trinajstić information content (AvgIpc) is 2.74. The summed E-state index contributed by atoms with van der Waals surface area (Å²) in [5.74, 6) is -0.394. The van der Waals surface area contributed by atoms with Crippen molar-refractivity contribution in [3.63, 3.8) is 0 Å². The quantitative estimate of drug-likeness (QED) is 0.903. The number of carbonyl (C=O) groups is 1. The number of phenolic OH excluding ortho intramolecular Hbond substituents is 1. The molecular weight excluding hydrogens is 294 g/mol. The van der Waals surface area contributed by atoms with Crippen molar-refractivity contribution in [1.29, 1.82) is 0 Å². The SMILES string of the molecule is Cc1ccc(CC(C)NC(=O)c2ccc(Cl)cc2O)s1. The van der Waals surface area contributed by atoms with Gasteiger partial charge in [0.15, 0.2) is 0 Å². The van der Waals surface area contributed by atoms with E-state index in [2.05, 4.69) is 24.4 Å². The first kappa shape index (κ1) is 14.9. The number of rotatable bonds is 4. The van der Waals surface area contributed by atoms with Gasteiger partial charge in [0.25, 0.3) is 5.91 Å². The summed E-state index contributed by atoms with van der Waals surface area (Å²) >= 11 is 7.47. The Balaban J connectivity index is 2.00. The molecule has 1 unspecified atom stereocenters. The summed E-state index contributed by atoms with van der Waals surface area (Å²) in [4.78, 5) is 14.6. The molecule has 0 radical (unpaired) electrons. The molecule has 20 heavy (non-hydrogen) atoms. The summed E-state index contributed by atoms with van der Waals surface area (Å²) < 4.78 is 0. The zero-order valence-corrected chi connectivity index (χ0v) is 12.9. The van der Waals surface area contributed by atoms with Crippen LogP contribution in [0.15, 0.2) is 30.3 Å². The average molecular weight is 310 g/mol. The molecule has 1 heterocycles. The summed E-state index contributed by atoms with van der Waals surface area (Å²) in [5, 5.41) is 13.0. The van der Waals surface area contributed by atoms with E-state index in [4.69, 9.17) is 11.6 Å². The molecule has 2 rings (SSSR count). The van der Waals surface area contributed by atoms with Gasteiger partial charge < -0.3 is 10.4 Å². The van der Waals surface area contributed by atoms with E-state index in [9.17, 15) is 9.90 Å². The third-order valence-electron chi connectivity index (χ3n) is 2.89. The van der Waals surface area contributed by atoms with Gasteiger partial charge in [-0.3, -0.25) is 4.79 Å². The summed E-state index contributed by atoms with van der Waals surface area (Å²) in [5.41, 5.74) is 0.239. The molecule has 0 fully saturated rings. The molecule has 2 N–H and O–H groups in total. The van der Waals surface area contributed by atoms with Crippen LogP contribution in [0, 0.1) is 6.92 Å². The van der Waals surface area contributed by atoms with Gasteiger partial charge >= 0.3 is 0 Å². The molecule has 5 heteroatoms. The third kappa shape index (κ3) is 3.74. The van der Waals surface area contributed by atoms with Crippen molar-refractivity contribution >= 4 is 28.8 Å². The number of carbonyl (C=O) groups excluding carboxylic acids is 1. The lowest BCUT2D eigenvalue weighted by atomic mass is 10.1. The molecule has 0 aliphatic rings. The van der Waals surface area contributed by atoms with Gasteiger partial charge in [-0.05, 0) is 44.2 Å². The molecule has 0 aliphatic heterocycles. The van der Waals surface area contributed by atoms with Gasteiger partial charge in [0, 0.05) is 27.2 Å². The maximum Gasteiger partial charge on any atom is 0.255 e. The summed E-state index contributed by atoms with van der Waals surface area (Å²) in [6, 6.07) is 8.61. The molecule has 0 saturated carbocycles. The van der Waals surface area contributed by atoms with Crippen LogP contribution in [0.25, 0.3) is 0 Å². The van der Waals surface area contributed by atoms with E-state index in [0.29, 0.717) is 5.02 Å². The van der Waals surface area contributed by atoms with Gasteiger partial charge in [-0.25, -0.2) is 0 Å². The first-order valence-corrected chi connectivity index (χ1v) is 7.50. The second kappa shape index (κ2) is 6.29. The monoisotopic (exact) mass is 309 g/mol. The summed E-state index contributed by atoms with van der Waals surface area (Å²) in [6.07, 6.45) is 0.776. The highest BCUT2D eigenvalue weighted by Gasteiger charge is 2.14. The fourth-order valence-electron chi connectivity index (χ4n) is 1.95. The van der Waals surface area contributed by atoms with Crippen molar-refractivity contribution in [3.05, 3.63) is 50.7 Å². The highest BCUT2D eigenvalue weighted by atomic mass is 35.5. The Bertz CT molecular complexity index is 624. The maximum absolute atomic E-state index is 12.1. The normalized spacial score (nSPS) is 12.2. The number of hydrogen-bond donors (Lipinski definition) is 2. The van der Waals surface area contributed by atoms with Crippen LogP contribution >= 0.6 is 22.9 Å². The number of thiophene rings is 1. The van der Waals surface area contributed by atoms with E-state index in [-0.39, 0.29) is 23.3 Å². The molecule has 1 amide bonds. The second-order valence-corrected chi connectivity index (χ2v) is 6.56. The summed E-state index contributed by atoms with van der Waals surface area (Å²) in [7, 11) is 0. The molecule has 106 valence electrons. The topological polar surface area (TPSA) is 49.3 Å². The number of phenols is 1. The molecule has 0 aliphatic carbocycles.